The Morgan fingerprint density at radius 2 is 2.11 bits per heavy atom. The van der Waals surface area contributed by atoms with Gasteiger partial charge in [0.15, 0.2) is 0 Å². The minimum absolute atomic E-state index is 0.0763. The lowest BCUT2D eigenvalue weighted by molar-refractivity contribution is 0.578. The number of anilines is 1. The lowest BCUT2D eigenvalue weighted by Gasteiger charge is -2.29. The van der Waals surface area contributed by atoms with Crippen molar-refractivity contribution in [3.8, 4) is 6.07 Å². The predicted molar refractivity (Wildman–Crippen MR) is 76.6 cm³/mol. The van der Waals surface area contributed by atoms with E-state index >= 15 is 0 Å². The fourth-order valence-corrected chi connectivity index (χ4v) is 2.12. The molecule has 1 aromatic carbocycles. The Balaban J connectivity index is 3.09. The largest absolute Gasteiger partial charge is 0.371 e. The zero-order valence-electron chi connectivity index (χ0n) is 12.1. The summed E-state index contributed by atoms with van der Waals surface area (Å²) in [5, 5.41) is 12.1. The third kappa shape index (κ3) is 3.93. The van der Waals surface area contributed by atoms with Crippen molar-refractivity contribution in [1.29, 1.82) is 5.26 Å². The summed E-state index contributed by atoms with van der Waals surface area (Å²) in [6.45, 7) is 6.87. The summed E-state index contributed by atoms with van der Waals surface area (Å²) in [5.41, 5.74) is 1.90. The molecule has 4 heteroatoms. The first-order valence-corrected chi connectivity index (χ1v) is 6.63. The maximum Gasteiger partial charge on any atom is 0.123 e. The van der Waals surface area contributed by atoms with Gasteiger partial charge < -0.3 is 10.2 Å². The highest BCUT2D eigenvalue weighted by Crippen LogP contribution is 2.28. The highest BCUT2D eigenvalue weighted by atomic mass is 19.1. The molecule has 0 saturated heterocycles. The summed E-state index contributed by atoms with van der Waals surface area (Å²) in [7, 11) is 1.94. The Kier molecular flexibility index (Phi) is 5.78. The van der Waals surface area contributed by atoms with Crippen molar-refractivity contribution in [3.63, 3.8) is 0 Å². The Hall–Kier alpha value is -1.60. The van der Waals surface area contributed by atoms with E-state index < -0.39 is 0 Å². The van der Waals surface area contributed by atoms with Gasteiger partial charge in [-0.1, -0.05) is 6.92 Å². The van der Waals surface area contributed by atoms with Crippen molar-refractivity contribution in [3.05, 3.63) is 29.6 Å². The normalized spacial score (nSPS) is 13.7. The van der Waals surface area contributed by atoms with Crippen molar-refractivity contribution in [2.75, 3.05) is 18.5 Å². The van der Waals surface area contributed by atoms with Crippen LogP contribution in [0.4, 0.5) is 10.1 Å². The van der Waals surface area contributed by atoms with Crippen molar-refractivity contribution in [1.82, 2.24) is 5.32 Å². The van der Waals surface area contributed by atoms with Gasteiger partial charge in [0.1, 0.15) is 5.82 Å². The van der Waals surface area contributed by atoms with E-state index in [0.717, 1.165) is 17.8 Å². The van der Waals surface area contributed by atoms with Crippen LogP contribution in [0.1, 0.15) is 38.8 Å². The minimum Gasteiger partial charge on any atom is -0.371 e. The Labute approximate surface area is 115 Å². The molecule has 1 aromatic rings. The van der Waals surface area contributed by atoms with Gasteiger partial charge in [-0.05, 0) is 44.2 Å². The van der Waals surface area contributed by atoms with Crippen LogP contribution in [0.3, 0.4) is 0 Å². The summed E-state index contributed by atoms with van der Waals surface area (Å²) in [4.78, 5) is 2.03. The monoisotopic (exact) mass is 263 g/mol. The zero-order valence-corrected chi connectivity index (χ0v) is 12.1. The third-order valence-corrected chi connectivity index (χ3v) is 3.39. The van der Waals surface area contributed by atoms with Gasteiger partial charge in [0.05, 0.1) is 12.5 Å². The first-order valence-electron chi connectivity index (χ1n) is 6.63. The van der Waals surface area contributed by atoms with Crippen molar-refractivity contribution >= 4 is 5.69 Å². The van der Waals surface area contributed by atoms with Crippen LogP contribution >= 0.6 is 0 Å². The van der Waals surface area contributed by atoms with Crippen molar-refractivity contribution in [2.45, 2.75) is 39.3 Å². The van der Waals surface area contributed by atoms with Gasteiger partial charge >= 0.3 is 0 Å². The Morgan fingerprint density at radius 1 is 1.42 bits per heavy atom. The van der Waals surface area contributed by atoms with E-state index in [1.54, 1.807) is 12.1 Å². The lowest BCUT2D eigenvalue weighted by atomic mass is 10.0. The van der Waals surface area contributed by atoms with Gasteiger partial charge in [-0.25, -0.2) is 4.39 Å². The van der Waals surface area contributed by atoms with Crippen molar-refractivity contribution < 1.29 is 4.39 Å². The summed E-state index contributed by atoms with van der Waals surface area (Å²) < 4.78 is 13.5. The first kappa shape index (κ1) is 15.5. The lowest BCUT2D eigenvalue weighted by Crippen LogP contribution is -2.30. The molecule has 2 atom stereocenters. The molecular formula is C15H22FN3. The van der Waals surface area contributed by atoms with E-state index in [9.17, 15) is 4.39 Å². The zero-order chi connectivity index (χ0) is 14.4. The fraction of sp³-hybridized carbons (Fsp3) is 0.533. The number of rotatable bonds is 6. The SMILES string of the molecule is CCNC(C)c1cc(F)ccc1N(C)C(C)CC#N. The second kappa shape index (κ2) is 7.10. The molecule has 0 bridgehead atoms. The van der Waals surface area contributed by atoms with Crippen LogP contribution in [0.5, 0.6) is 0 Å². The average Bonchev–Trinajstić information content (AvgIpc) is 2.38. The molecule has 0 aliphatic carbocycles. The van der Waals surface area contributed by atoms with Gasteiger partial charge in [0.25, 0.3) is 0 Å². The molecule has 1 N–H and O–H groups in total. The van der Waals surface area contributed by atoms with E-state index in [-0.39, 0.29) is 17.9 Å². The molecule has 0 spiro atoms. The summed E-state index contributed by atoms with van der Waals surface area (Å²) in [6.07, 6.45) is 0.447. The van der Waals surface area contributed by atoms with Crippen LogP contribution in [0.2, 0.25) is 0 Å². The van der Waals surface area contributed by atoms with Gasteiger partial charge in [0.2, 0.25) is 0 Å². The maximum atomic E-state index is 13.5. The molecule has 0 aromatic heterocycles. The molecule has 0 fully saturated rings. The molecular weight excluding hydrogens is 241 g/mol. The molecule has 3 nitrogen and oxygen atoms in total. The molecule has 0 aliphatic heterocycles. The number of hydrogen-bond donors (Lipinski definition) is 1. The molecule has 0 radical (unpaired) electrons. The summed E-state index contributed by atoms with van der Waals surface area (Å²) in [5.74, 6) is -0.232. The molecule has 19 heavy (non-hydrogen) atoms. The number of nitriles is 1. The number of halogens is 1. The quantitative estimate of drug-likeness (QED) is 0.856. The van der Waals surface area contributed by atoms with Crippen LogP contribution < -0.4 is 10.2 Å². The molecule has 0 saturated carbocycles. The number of hydrogen-bond acceptors (Lipinski definition) is 3. The molecule has 0 aliphatic rings. The van der Waals surface area contributed by atoms with Gasteiger partial charge in [0, 0.05) is 24.8 Å². The van der Waals surface area contributed by atoms with Gasteiger partial charge in [-0.2, -0.15) is 5.26 Å². The topological polar surface area (TPSA) is 39.1 Å². The number of benzene rings is 1. The highest BCUT2D eigenvalue weighted by molar-refractivity contribution is 5.55. The molecule has 0 amide bonds. The summed E-state index contributed by atoms with van der Waals surface area (Å²) in [6, 6.07) is 7.17. The molecule has 1 rings (SSSR count). The average molecular weight is 263 g/mol. The van der Waals surface area contributed by atoms with E-state index in [1.807, 2.05) is 32.7 Å². The predicted octanol–water partition coefficient (Wildman–Crippen LogP) is 3.23. The maximum absolute atomic E-state index is 13.5. The Morgan fingerprint density at radius 3 is 2.68 bits per heavy atom. The smallest absolute Gasteiger partial charge is 0.123 e. The van der Waals surface area contributed by atoms with E-state index in [4.69, 9.17) is 5.26 Å². The van der Waals surface area contributed by atoms with E-state index in [1.165, 1.54) is 6.07 Å². The third-order valence-electron chi connectivity index (χ3n) is 3.39. The number of nitrogens with one attached hydrogen (secondary N) is 1. The van der Waals surface area contributed by atoms with Crippen molar-refractivity contribution in [2.24, 2.45) is 0 Å². The minimum atomic E-state index is -0.232. The van der Waals surface area contributed by atoms with E-state index in [2.05, 4.69) is 11.4 Å². The molecule has 104 valence electrons. The number of nitrogens with zero attached hydrogens (tertiary/aromatic N) is 2. The van der Waals surface area contributed by atoms with Crippen LogP contribution in [-0.2, 0) is 0 Å². The van der Waals surface area contributed by atoms with Crippen LogP contribution in [-0.4, -0.2) is 19.6 Å². The van der Waals surface area contributed by atoms with Crippen LogP contribution in [0, 0.1) is 17.1 Å². The first-order chi connectivity index (χ1) is 9.01. The fourth-order valence-electron chi connectivity index (χ4n) is 2.12. The van der Waals surface area contributed by atoms with E-state index in [0.29, 0.717) is 6.42 Å². The van der Waals surface area contributed by atoms with Crippen LogP contribution in [0.15, 0.2) is 18.2 Å². The second-order valence-electron chi connectivity index (χ2n) is 4.80. The molecule has 0 heterocycles. The van der Waals surface area contributed by atoms with Gasteiger partial charge in [-0.3, -0.25) is 0 Å². The summed E-state index contributed by atoms with van der Waals surface area (Å²) >= 11 is 0. The second-order valence-corrected chi connectivity index (χ2v) is 4.80. The standard InChI is InChI=1S/C15H22FN3/c1-5-18-12(3)14-10-13(16)6-7-15(14)19(4)11(2)8-9-17/h6-7,10-12,18H,5,8H2,1-4H3. The van der Waals surface area contributed by atoms with Gasteiger partial charge in [-0.15, -0.1) is 0 Å². The molecule has 2 unspecified atom stereocenters. The Bertz CT molecular complexity index is 453. The van der Waals surface area contributed by atoms with Crippen LogP contribution in [0.25, 0.3) is 0 Å². The highest BCUT2D eigenvalue weighted by Gasteiger charge is 2.17.